The van der Waals surface area contributed by atoms with Crippen LogP contribution < -0.4 is 0 Å². The van der Waals surface area contributed by atoms with Crippen molar-refractivity contribution >= 4 is 0 Å². The summed E-state index contributed by atoms with van der Waals surface area (Å²) >= 11 is 0. The highest BCUT2D eigenvalue weighted by atomic mass is 16.5. The summed E-state index contributed by atoms with van der Waals surface area (Å²) in [5.74, 6) is 1.39. The highest BCUT2D eigenvalue weighted by molar-refractivity contribution is 5.29. The summed E-state index contributed by atoms with van der Waals surface area (Å²) in [5.41, 5.74) is -0.0165. The summed E-state index contributed by atoms with van der Waals surface area (Å²) in [6, 6.07) is 0. The Morgan fingerprint density at radius 2 is 2.25 bits per heavy atom. The molecule has 0 radical (unpaired) electrons. The van der Waals surface area contributed by atoms with Crippen LogP contribution in [0.25, 0.3) is 0 Å². The normalized spacial score (nSPS) is 53.3. The molecule has 0 heterocycles. The van der Waals surface area contributed by atoms with Crippen molar-refractivity contribution in [1.29, 1.82) is 0 Å². The molecule has 0 saturated heterocycles. The maximum absolute atomic E-state index is 10.6. The maximum Gasteiger partial charge on any atom is 0.0808 e. The van der Waals surface area contributed by atoms with Gasteiger partial charge in [-0.2, -0.15) is 0 Å². The number of rotatable bonds is 2. The number of aliphatic hydroxyl groups is 1. The Hall–Kier alpha value is -0.600. The first-order chi connectivity index (χ1) is 7.74. The van der Waals surface area contributed by atoms with E-state index in [-0.39, 0.29) is 23.5 Å². The highest BCUT2D eigenvalue weighted by Gasteiger charge is 2.61. The zero-order chi connectivity index (χ0) is 11.3. The lowest BCUT2D eigenvalue weighted by atomic mass is 9.71. The highest BCUT2D eigenvalue weighted by Crippen LogP contribution is 2.60. The van der Waals surface area contributed by atoms with E-state index in [0.29, 0.717) is 11.8 Å². The van der Waals surface area contributed by atoms with Crippen molar-refractivity contribution in [3.63, 3.8) is 0 Å². The van der Waals surface area contributed by atoms with E-state index in [2.05, 4.69) is 31.2 Å². The fourth-order valence-electron chi connectivity index (χ4n) is 4.27. The van der Waals surface area contributed by atoms with Crippen LogP contribution >= 0.6 is 0 Å². The Morgan fingerprint density at radius 3 is 2.94 bits per heavy atom. The molecule has 0 aromatic carbocycles. The van der Waals surface area contributed by atoms with Crippen LogP contribution in [-0.2, 0) is 4.74 Å². The molecule has 3 aliphatic carbocycles. The molecule has 88 valence electrons. The smallest absolute Gasteiger partial charge is 0.0808 e. The predicted octanol–water partition coefficient (Wildman–Crippen LogP) is 2.15. The minimum absolute atomic E-state index is 0.0165. The molecule has 1 saturated carbocycles. The minimum Gasteiger partial charge on any atom is -0.392 e. The van der Waals surface area contributed by atoms with Crippen LogP contribution in [0.15, 0.2) is 24.3 Å². The Labute approximate surface area is 97.0 Å². The third kappa shape index (κ3) is 1.05. The van der Waals surface area contributed by atoms with Gasteiger partial charge in [0, 0.05) is 18.4 Å². The first-order valence-electron chi connectivity index (χ1n) is 6.31. The third-order valence-electron chi connectivity index (χ3n) is 5.10. The Kier molecular flexibility index (Phi) is 2.27. The molecule has 2 bridgehead atoms. The van der Waals surface area contributed by atoms with Gasteiger partial charge in [-0.3, -0.25) is 0 Å². The van der Waals surface area contributed by atoms with E-state index < -0.39 is 0 Å². The van der Waals surface area contributed by atoms with Gasteiger partial charge in [0.15, 0.2) is 0 Å². The van der Waals surface area contributed by atoms with E-state index in [9.17, 15) is 5.11 Å². The van der Waals surface area contributed by atoms with Gasteiger partial charge in [-0.15, -0.1) is 0 Å². The van der Waals surface area contributed by atoms with Gasteiger partial charge in [0.05, 0.1) is 12.2 Å². The zero-order valence-corrected chi connectivity index (χ0v) is 9.97. The van der Waals surface area contributed by atoms with Gasteiger partial charge < -0.3 is 9.84 Å². The minimum atomic E-state index is -0.229. The van der Waals surface area contributed by atoms with Crippen LogP contribution in [0, 0.1) is 23.2 Å². The van der Waals surface area contributed by atoms with E-state index in [0.717, 1.165) is 12.8 Å². The van der Waals surface area contributed by atoms with Crippen LogP contribution in [0.1, 0.15) is 19.8 Å². The molecular weight excluding hydrogens is 200 g/mol. The van der Waals surface area contributed by atoms with Crippen molar-refractivity contribution in [2.45, 2.75) is 32.0 Å². The summed E-state index contributed by atoms with van der Waals surface area (Å²) in [5, 5.41) is 10.6. The Morgan fingerprint density at radius 1 is 1.44 bits per heavy atom. The Bertz CT molecular complexity index is 347. The van der Waals surface area contributed by atoms with Gasteiger partial charge in [-0.05, 0) is 24.7 Å². The summed E-state index contributed by atoms with van der Waals surface area (Å²) in [6.45, 7) is 2.19. The Balaban J connectivity index is 2.07. The van der Waals surface area contributed by atoms with Gasteiger partial charge >= 0.3 is 0 Å². The molecule has 3 rings (SSSR count). The molecule has 0 aliphatic heterocycles. The molecule has 6 atom stereocenters. The number of fused-ring (bicyclic) bond motifs is 5. The van der Waals surface area contributed by atoms with Gasteiger partial charge in [0.2, 0.25) is 0 Å². The number of allylic oxidation sites excluding steroid dienone is 2. The van der Waals surface area contributed by atoms with Crippen molar-refractivity contribution in [1.82, 2.24) is 0 Å². The molecule has 0 spiro atoms. The van der Waals surface area contributed by atoms with Crippen LogP contribution in [-0.4, -0.2) is 24.4 Å². The van der Waals surface area contributed by atoms with E-state index in [1.807, 2.05) is 0 Å². The molecule has 0 aromatic heterocycles. The van der Waals surface area contributed by atoms with Crippen molar-refractivity contribution in [3.8, 4) is 0 Å². The van der Waals surface area contributed by atoms with Crippen molar-refractivity contribution in [2.75, 3.05) is 7.11 Å². The predicted molar refractivity (Wildman–Crippen MR) is 62.9 cm³/mol. The van der Waals surface area contributed by atoms with Crippen LogP contribution in [0.4, 0.5) is 0 Å². The lowest BCUT2D eigenvalue weighted by molar-refractivity contribution is -0.0288. The standard InChI is InChI=1S/C14H20O2/c1-3-14-8-7-11(16-2)12(13(14)15)9-5-4-6-10(9)14/h4,6-13,15H,3,5H2,1-2H3/t9-,10+,11-,12+,13+,14+/m0/s1. The number of hydrogen-bond donors (Lipinski definition) is 1. The van der Waals surface area contributed by atoms with Crippen molar-refractivity contribution in [3.05, 3.63) is 24.3 Å². The van der Waals surface area contributed by atoms with Gasteiger partial charge in [0.25, 0.3) is 0 Å². The molecule has 2 nitrogen and oxygen atoms in total. The molecule has 1 N–H and O–H groups in total. The van der Waals surface area contributed by atoms with Gasteiger partial charge in [-0.1, -0.05) is 31.2 Å². The van der Waals surface area contributed by atoms with E-state index in [1.165, 1.54) is 0 Å². The van der Waals surface area contributed by atoms with Crippen molar-refractivity contribution < 1.29 is 9.84 Å². The fourth-order valence-corrected chi connectivity index (χ4v) is 4.27. The van der Waals surface area contributed by atoms with Crippen LogP contribution in [0.2, 0.25) is 0 Å². The number of ether oxygens (including phenoxy) is 1. The molecule has 0 unspecified atom stereocenters. The summed E-state index contributed by atoms with van der Waals surface area (Å²) in [4.78, 5) is 0. The molecule has 2 heteroatoms. The van der Waals surface area contributed by atoms with Gasteiger partial charge in [-0.25, -0.2) is 0 Å². The second kappa shape index (κ2) is 3.44. The first-order valence-corrected chi connectivity index (χ1v) is 6.31. The lowest BCUT2D eigenvalue weighted by Crippen LogP contribution is -2.42. The number of aliphatic hydroxyl groups excluding tert-OH is 1. The molecule has 1 fully saturated rings. The fraction of sp³-hybridized carbons (Fsp3) is 0.714. The second-order valence-corrected chi connectivity index (χ2v) is 5.40. The molecule has 0 aromatic rings. The average molecular weight is 220 g/mol. The number of methoxy groups -OCH3 is 1. The van der Waals surface area contributed by atoms with E-state index in [1.54, 1.807) is 7.11 Å². The van der Waals surface area contributed by atoms with Crippen LogP contribution in [0.3, 0.4) is 0 Å². The average Bonchev–Trinajstić information content (AvgIpc) is 2.81. The number of hydrogen-bond acceptors (Lipinski definition) is 2. The molecule has 3 aliphatic rings. The molecular formula is C14H20O2. The molecule has 0 amide bonds. The topological polar surface area (TPSA) is 29.5 Å². The summed E-state index contributed by atoms with van der Waals surface area (Å²) in [7, 11) is 1.75. The quantitative estimate of drug-likeness (QED) is 0.723. The summed E-state index contributed by atoms with van der Waals surface area (Å²) < 4.78 is 5.51. The largest absolute Gasteiger partial charge is 0.392 e. The van der Waals surface area contributed by atoms with Crippen molar-refractivity contribution in [2.24, 2.45) is 23.2 Å². The SMILES string of the molecule is CC[C@@]12C=C[C@H](OC)[C@@H]([C@H]3CC=C[C@H]31)[C@H]2O. The van der Waals surface area contributed by atoms with E-state index >= 15 is 0 Å². The molecule has 16 heavy (non-hydrogen) atoms. The second-order valence-electron chi connectivity index (χ2n) is 5.40. The maximum atomic E-state index is 10.6. The summed E-state index contributed by atoms with van der Waals surface area (Å²) in [6.07, 6.45) is 11.0. The van der Waals surface area contributed by atoms with E-state index in [4.69, 9.17) is 4.74 Å². The van der Waals surface area contributed by atoms with Gasteiger partial charge in [0.1, 0.15) is 0 Å². The zero-order valence-electron chi connectivity index (χ0n) is 9.97. The lowest BCUT2D eigenvalue weighted by Gasteiger charge is -2.38. The monoisotopic (exact) mass is 220 g/mol. The van der Waals surface area contributed by atoms with Crippen LogP contribution in [0.5, 0.6) is 0 Å². The first kappa shape index (κ1) is 10.5. The third-order valence-corrected chi connectivity index (χ3v) is 5.10.